The maximum absolute atomic E-state index is 11.2. The van der Waals surface area contributed by atoms with Crippen LogP contribution in [-0.4, -0.2) is 23.5 Å². The highest BCUT2D eigenvalue weighted by Crippen LogP contribution is 2.14. The van der Waals surface area contributed by atoms with Crippen LogP contribution in [-0.2, 0) is 4.79 Å². The minimum atomic E-state index is -0.391. The van der Waals surface area contributed by atoms with E-state index in [1.165, 1.54) is 6.20 Å². The van der Waals surface area contributed by atoms with E-state index >= 15 is 0 Å². The number of nitrogens with one attached hydrogen (secondary N) is 1. The summed E-state index contributed by atoms with van der Waals surface area (Å²) in [7, 11) is 0. The number of rotatable bonds is 1. The van der Waals surface area contributed by atoms with E-state index in [1.807, 2.05) is 0 Å². The molecule has 3 amide bonds. The van der Waals surface area contributed by atoms with E-state index in [4.69, 9.17) is 0 Å². The number of imide groups is 1. The Kier molecular flexibility index (Phi) is 1.70. The standard InChI is InChI=1S/C8H7N3O2/c12-7-5-10-8(13)11(7)6-2-1-3-9-4-6/h1-4H,5H2,(H,10,13). The molecule has 1 aliphatic rings. The van der Waals surface area contributed by atoms with Gasteiger partial charge in [0.25, 0.3) is 5.91 Å². The quantitative estimate of drug-likeness (QED) is 0.620. The summed E-state index contributed by atoms with van der Waals surface area (Å²) in [6.45, 7) is 0.0632. The van der Waals surface area contributed by atoms with Crippen molar-refractivity contribution < 1.29 is 9.59 Å². The lowest BCUT2D eigenvalue weighted by Crippen LogP contribution is -2.30. The molecule has 0 aliphatic carbocycles. The number of hydrogen-bond donors (Lipinski definition) is 1. The van der Waals surface area contributed by atoms with Crippen molar-refractivity contribution in [2.45, 2.75) is 0 Å². The van der Waals surface area contributed by atoms with E-state index in [2.05, 4.69) is 10.3 Å². The van der Waals surface area contributed by atoms with Crippen LogP contribution < -0.4 is 10.2 Å². The third-order valence-corrected chi connectivity index (χ3v) is 1.75. The molecule has 0 radical (unpaired) electrons. The van der Waals surface area contributed by atoms with Gasteiger partial charge in [-0.15, -0.1) is 0 Å². The lowest BCUT2D eigenvalue weighted by Gasteiger charge is -2.10. The van der Waals surface area contributed by atoms with Gasteiger partial charge in [-0.1, -0.05) is 0 Å². The Balaban J connectivity index is 2.36. The van der Waals surface area contributed by atoms with Crippen molar-refractivity contribution >= 4 is 17.6 Å². The Hall–Kier alpha value is -1.91. The summed E-state index contributed by atoms with van der Waals surface area (Å²) in [5.74, 6) is -0.252. The van der Waals surface area contributed by atoms with E-state index in [9.17, 15) is 9.59 Å². The molecule has 0 spiro atoms. The lowest BCUT2D eigenvalue weighted by atomic mass is 10.4. The van der Waals surface area contributed by atoms with Gasteiger partial charge in [-0.25, -0.2) is 9.69 Å². The molecule has 1 N–H and O–H groups in total. The normalized spacial score (nSPS) is 16.2. The van der Waals surface area contributed by atoms with Gasteiger partial charge in [-0.3, -0.25) is 9.78 Å². The van der Waals surface area contributed by atoms with E-state index in [-0.39, 0.29) is 12.5 Å². The molecule has 5 heteroatoms. The minimum Gasteiger partial charge on any atom is -0.328 e. The number of carbonyl (C=O) groups excluding carboxylic acids is 2. The number of carbonyl (C=O) groups is 2. The van der Waals surface area contributed by atoms with Gasteiger partial charge in [0.15, 0.2) is 0 Å². The molecule has 1 aromatic rings. The largest absolute Gasteiger partial charge is 0.329 e. The van der Waals surface area contributed by atoms with Gasteiger partial charge in [0.1, 0.15) is 0 Å². The van der Waals surface area contributed by atoms with Crippen LogP contribution in [0, 0.1) is 0 Å². The molecule has 2 heterocycles. The van der Waals surface area contributed by atoms with Crippen LogP contribution in [0.15, 0.2) is 24.5 Å². The van der Waals surface area contributed by atoms with Gasteiger partial charge in [-0.2, -0.15) is 0 Å². The lowest BCUT2D eigenvalue weighted by molar-refractivity contribution is -0.115. The maximum Gasteiger partial charge on any atom is 0.329 e. The minimum absolute atomic E-state index is 0.0632. The highest BCUT2D eigenvalue weighted by Gasteiger charge is 2.29. The molecule has 0 unspecified atom stereocenters. The second-order valence-electron chi connectivity index (χ2n) is 2.60. The van der Waals surface area contributed by atoms with Crippen molar-refractivity contribution in [2.24, 2.45) is 0 Å². The Morgan fingerprint density at radius 1 is 1.46 bits per heavy atom. The zero-order valence-electron chi connectivity index (χ0n) is 6.73. The molecule has 0 bridgehead atoms. The molecule has 1 aromatic heterocycles. The first-order valence-corrected chi connectivity index (χ1v) is 3.80. The van der Waals surface area contributed by atoms with Crippen LogP contribution >= 0.6 is 0 Å². The zero-order valence-corrected chi connectivity index (χ0v) is 6.73. The summed E-state index contributed by atoms with van der Waals surface area (Å²) in [6, 6.07) is 2.95. The average molecular weight is 177 g/mol. The van der Waals surface area contributed by atoms with Crippen molar-refractivity contribution in [2.75, 3.05) is 11.4 Å². The predicted octanol–water partition coefficient (Wildman–Crippen LogP) is 0.138. The molecule has 1 saturated heterocycles. The van der Waals surface area contributed by atoms with Gasteiger partial charge in [-0.05, 0) is 12.1 Å². The second-order valence-corrected chi connectivity index (χ2v) is 2.60. The highest BCUT2D eigenvalue weighted by molar-refractivity contribution is 6.19. The number of anilines is 1. The molecule has 2 rings (SSSR count). The van der Waals surface area contributed by atoms with Crippen LogP contribution in [0.1, 0.15) is 0 Å². The summed E-state index contributed by atoms with van der Waals surface area (Å²) in [5, 5.41) is 2.43. The predicted molar refractivity (Wildman–Crippen MR) is 45.1 cm³/mol. The number of amides is 3. The van der Waals surface area contributed by atoms with Gasteiger partial charge in [0, 0.05) is 6.20 Å². The molecule has 1 aliphatic heterocycles. The number of pyridine rings is 1. The first-order chi connectivity index (χ1) is 6.29. The molecular formula is C8H7N3O2. The van der Waals surface area contributed by atoms with Crippen LogP contribution in [0.25, 0.3) is 0 Å². The first-order valence-electron chi connectivity index (χ1n) is 3.80. The maximum atomic E-state index is 11.2. The van der Waals surface area contributed by atoms with Crippen molar-refractivity contribution in [3.63, 3.8) is 0 Å². The van der Waals surface area contributed by atoms with Gasteiger partial charge in [0.2, 0.25) is 0 Å². The third kappa shape index (κ3) is 1.24. The Morgan fingerprint density at radius 3 is 2.85 bits per heavy atom. The second kappa shape index (κ2) is 2.85. The van der Waals surface area contributed by atoms with Crippen LogP contribution in [0.4, 0.5) is 10.5 Å². The smallest absolute Gasteiger partial charge is 0.328 e. The Labute approximate surface area is 74.4 Å². The molecule has 13 heavy (non-hydrogen) atoms. The Morgan fingerprint density at radius 2 is 2.31 bits per heavy atom. The average Bonchev–Trinajstić information content (AvgIpc) is 2.48. The summed E-state index contributed by atoms with van der Waals surface area (Å²) >= 11 is 0. The van der Waals surface area contributed by atoms with Crippen molar-refractivity contribution in [3.8, 4) is 0 Å². The summed E-state index contributed by atoms with van der Waals surface area (Å²) in [6.07, 6.45) is 3.06. The van der Waals surface area contributed by atoms with E-state index in [0.29, 0.717) is 5.69 Å². The zero-order chi connectivity index (χ0) is 9.26. The SMILES string of the molecule is O=C1CNC(=O)N1c1cccnc1. The third-order valence-electron chi connectivity index (χ3n) is 1.75. The summed E-state index contributed by atoms with van der Waals surface area (Å²) in [4.78, 5) is 27.3. The van der Waals surface area contributed by atoms with Crippen molar-refractivity contribution in [1.82, 2.24) is 10.3 Å². The molecule has 0 aromatic carbocycles. The molecular weight excluding hydrogens is 170 g/mol. The summed E-state index contributed by atoms with van der Waals surface area (Å²) in [5.41, 5.74) is 0.502. The number of nitrogens with zero attached hydrogens (tertiary/aromatic N) is 2. The van der Waals surface area contributed by atoms with E-state index in [1.54, 1.807) is 18.3 Å². The monoisotopic (exact) mass is 177 g/mol. The Bertz CT molecular complexity index is 334. The molecule has 5 nitrogen and oxygen atoms in total. The molecule has 1 fully saturated rings. The summed E-state index contributed by atoms with van der Waals surface area (Å²) < 4.78 is 0. The number of aromatic nitrogens is 1. The van der Waals surface area contributed by atoms with Crippen LogP contribution in [0.5, 0.6) is 0 Å². The van der Waals surface area contributed by atoms with Gasteiger partial charge >= 0.3 is 6.03 Å². The fraction of sp³-hybridized carbons (Fsp3) is 0.125. The van der Waals surface area contributed by atoms with Crippen LogP contribution in [0.2, 0.25) is 0 Å². The number of urea groups is 1. The highest BCUT2D eigenvalue weighted by atomic mass is 16.2. The van der Waals surface area contributed by atoms with Crippen molar-refractivity contribution in [1.29, 1.82) is 0 Å². The van der Waals surface area contributed by atoms with E-state index < -0.39 is 6.03 Å². The number of hydrogen-bond acceptors (Lipinski definition) is 3. The first kappa shape index (κ1) is 7.72. The topological polar surface area (TPSA) is 62.3 Å². The fourth-order valence-corrected chi connectivity index (χ4v) is 1.17. The van der Waals surface area contributed by atoms with E-state index in [0.717, 1.165) is 4.90 Å². The molecule has 66 valence electrons. The van der Waals surface area contributed by atoms with Gasteiger partial charge < -0.3 is 5.32 Å². The fourth-order valence-electron chi connectivity index (χ4n) is 1.17. The van der Waals surface area contributed by atoms with Crippen molar-refractivity contribution in [3.05, 3.63) is 24.5 Å². The van der Waals surface area contributed by atoms with Crippen LogP contribution in [0.3, 0.4) is 0 Å². The molecule has 0 saturated carbocycles. The van der Waals surface area contributed by atoms with Gasteiger partial charge in [0.05, 0.1) is 18.4 Å². The molecule has 0 atom stereocenters.